The summed E-state index contributed by atoms with van der Waals surface area (Å²) in [5.41, 5.74) is 5.26. The van der Waals surface area contributed by atoms with Crippen molar-refractivity contribution in [3.63, 3.8) is 0 Å². The quantitative estimate of drug-likeness (QED) is 0.833. The predicted molar refractivity (Wildman–Crippen MR) is 118 cm³/mol. The maximum atomic E-state index is 12.6. The molecule has 0 aromatic heterocycles. The lowest BCUT2D eigenvalue weighted by Gasteiger charge is -2.38. The molecular formula is C23H30N4O2. The zero-order valence-electron chi connectivity index (χ0n) is 17.7. The molecule has 6 heteroatoms. The van der Waals surface area contributed by atoms with Crippen molar-refractivity contribution in [1.82, 2.24) is 10.2 Å². The molecule has 0 saturated carbocycles. The van der Waals surface area contributed by atoms with Crippen LogP contribution in [0.25, 0.3) is 0 Å². The van der Waals surface area contributed by atoms with E-state index in [1.807, 2.05) is 39.0 Å². The van der Waals surface area contributed by atoms with Gasteiger partial charge >= 0.3 is 6.03 Å². The van der Waals surface area contributed by atoms with Gasteiger partial charge in [-0.3, -0.25) is 15.0 Å². The van der Waals surface area contributed by atoms with Gasteiger partial charge in [-0.25, -0.2) is 4.79 Å². The largest absolute Gasteiger partial charge is 0.369 e. The SMILES string of the molecule is Cc1cccc(N2CCN(C(C)C(=O)NC(=O)Nc3ccc(C)cc3C)CC2)c1. The minimum Gasteiger partial charge on any atom is -0.369 e. The average Bonchev–Trinajstić information content (AvgIpc) is 2.69. The number of imide groups is 1. The van der Waals surface area contributed by atoms with Gasteiger partial charge in [0.05, 0.1) is 6.04 Å². The Labute approximate surface area is 172 Å². The van der Waals surface area contributed by atoms with Crippen LogP contribution in [-0.4, -0.2) is 49.1 Å². The van der Waals surface area contributed by atoms with E-state index in [-0.39, 0.29) is 11.9 Å². The van der Waals surface area contributed by atoms with Crippen LogP contribution in [0.2, 0.25) is 0 Å². The molecule has 1 aliphatic heterocycles. The van der Waals surface area contributed by atoms with E-state index in [0.717, 1.165) is 37.3 Å². The molecule has 1 unspecified atom stereocenters. The molecule has 2 aromatic carbocycles. The van der Waals surface area contributed by atoms with Crippen molar-refractivity contribution in [2.75, 3.05) is 36.4 Å². The maximum absolute atomic E-state index is 12.6. The summed E-state index contributed by atoms with van der Waals surface area (Å²) in [5, 5.41) is 5.24. The zero-order chi connectivity index (χ0) is 21.0. The molecule has 0 aliphatic carbocycles. The monoisotopic (exact) mass is 394 g/mol. The number of aryl methyl sites for hydroxylation is 3. The first-order valence-electron chi connectivity index (χ1n) is 10.1. The number of carbonyl (C=O) groups excluding carboxylic acids is 2. The van der Waals surface area contributed by atoms with Crippen molar-refractivity contribution < 1.29 is 9.59 Å². The van der Waals surface area contributed by atoms with Gasteiger partial charge < -0.3 is 10.2 Å². The van der Waals surface area contributed by atoms with Crippen LogP contribution in [0.1, 0.15) is 23.6 Å². The van der Waals surface area contributed by atoms with Gasteiger partial charge in [0.1, 0.15) is 0 Å². The second-order valence-electron chi connectivity index (χ2n) is 7.80. The van der Waals surface area contributed by atoms with Crippen molar-refractivity contribution >= 4 is 23.3 Å². The predicted octanol–water partition coefficient (Wildman–Crippen LogP) is 3.47. The molecule has 29 heavy (non-hydrogen) atoms. The first-order chi connectivity index (χ1) is 13.8. The van der Waals surface area contributed by atoms with Crippen LogP contribution < -0.4 is 15.5 Å². The molecule has 0 radical (unpaired) electrons. The van der Waals surface area contributed by atoms with Gasteiger partial charge in [-0.2, -0.15) is 0 Å². The fourth-order valence-electron chi connectivity index (χ4n) is 3.68. The highest BCUT2D eigenvalue weighted by atomic mass is 16.2. The van der Waals surface area contributed by atoms with E-state index in [9.17, 15) is 9.59 Å². The fraction of sp³-hybridized carbons (Fsp3) is 0.391. The number of hydrogen-bond acceptors (Lipinski definition) is 4. The van der Waals surface area contributed by atoms with E-state index in [1.165, 1.54) is 11.3 Å². The van der Waals surface area contributed by atoms with Crippen molar-refractivity contribution in [2.45, 2.75) is 33.7 Å². The topological polar surface area (TPSA) is 64.7 Å². The Hall–Kier alpha value is -2.86. The summed E-state index contributed by atoms with van der Waals surface area (Å²) in [6.07, 6.45) is 0. The molecule has 1 atom stereocenters. The molecule has 1 saturated heterocycles. The molecule has 2 aromatic rings. The first kappa shape index (κ1) is 20.9. The second kappa shape index (κ2) is 9.09. The van der Waals surface area contributed by atoms with Gasteiger partial charge in [-0.05, 0) is 57.0 Å². The molecule has 154 valence electrons. The number of benzene rings is 2. The van der Waals surface area contributed by atoms with Gasteiger partial charge in [-0.1, -0.05) is 29.8 Å². The fourth-order valence-corrected chi connectivity index (χ4v) is 3.68. The molecule has 1 aliphatic rings. The Morgan fingerprint density at radius 1 is 0.931 bits per heavy atom. The van der Waals surface area contributed by atoms with Gasteiger partial charge in [0.15, 0.2) is 0 Å². The van der Waals surface area contributed by atoms with Crippen molar-refractivity contribution in [2.24, 2.45) is 0 Å². The summed E-state index contributed by atoms with van der Waals surface area (Å²) in [4.78, 5) is 29.2. The van der Waals surface area contributed by atoms with Crippen LogP contribution in [0.5, 0.6) is 0 Å². The summed E-state index contributed by atoms with van der Waals surface area (Å²) in [6.45, 7) is 11.1. The minimum absolute atomic E-state index is 0.281. The molecule has 6 nitrogen and oxygen atoms in total. The van der Waals surface area contributed by atoms with E-state index < -0.39 is 6.03 Å². The second-order valence-corrected chi connectivity index (χ2v) is 7.80. The Bertz CT molecular complexity index is 888. The lowest BCUT2D eigenvalue weighted by atomic mass is 10.1. The number of amides is 3. The van der Waals surface area contributed by atoms with Crippen molar-refractivity contribution in [3.05, 3.63) is 59.2 Å². The van der Waals surface area contributed by atoms with Crippen LogP contribution in [0.3, 0.4) is 0 Å². The summed E-state index contributed by atoms with van der Waals surface area (Å²) in [5.74, 6) is -0.281. The summed E-state index contributed by atoms with van der Waals surface area (Å²) in [6, 6.07) is 13.4. The number of piperazine rings is 1. The van der Waals surface area contributed by atoms with Crippen LogP contribution in [0.4, 0.5) is 16.2 Å². The number of carbonyl (C=O) groups is 2. The molecule has 1 fully saturated rings. The number of nitrogens with one attached hydrogen (secondary N) is 2. The lowest BCUT2D eigenvalue weighted by molar-refractivity contribution is -0.124. The summed E-state index contributed by atoms with van der Waals surface area (Å²) >= 11 is 0. The summed E-state index contributed by atoms with van der Waals surface area (Å²) in [7, 11) is 0. The smallest absolute Gasteiger partial charge is 0.325 e. The third-order valence-corrected chi connectivity index (χ3v) is 5.48. The number of urea groups is 1. The van der Waals surface area contributed by atoms with Crippen LogP contribution in [0.15, 0.2) is 42.5 Å². The third-order valence-electron chi connectivity index (χ3n) is 5.48. The van der Waals surface area contributed by atoms with Gasteiger partial charge in [0.2, 0.25) is 5.91 Å². The van der Waals surface area contributed by atoms with Crippen molar-refractivity contribution in [1.29, 1.82) is 0 Å². The number of anilines is 2. The number of hydrogen-bond donors (Lipinski definition) is 2. The maximum Gasteiger partial charge on any atom is 0.325 e. The lowest BCUT2D eigenvalue weighted by Crippen LogP contribution is -2.55. The van der Waals surface area contributed by atoms with E-state index in [4.69, 9.17) is 0 Å². The van der Waals surface area contributed by atoms with Crippen LogP contribution >= 0.6 is 0 Å². The van der Waals surface area contributed by atoms with Crippen molar-refractivity contribution in [3.8, 4) is 0 Å². The number of rotatable bonds is 4. The minimum atomic E-state index is -0.493. The third kappa shape index (κ3) is 5.35. The van der Waals surface area contributed by atoms with E-state index in [0.29, 0.717) is 5.69 Å². The summed E-state index contributed by atoms with van der Waals surface area (Å²) < 4.78 is 0. The molecule has 2 N–H and O–H groups in total. The van der Waals surface area contributed by atoms with Crippen LogP contribution in [-0.2, 0) is 4.79 Å². The molecule has 3 amide bonds. The normalized spacial score (nSPS) is 15.7. The molecular weight excluding hydrogens is 364 g/mol. The Morgan fingerprint density at radius 3 is 2.28 bits per heavy atom. The van der Waals surface area contributed by atoms with E-state index >= 15 is 0 Å². The highest BCUT2D eigenvalue weighted by molar-refractivity contribution is 6.03. The van der Waals surface area contributed by atoms with Gasteiger partial charge in [0.25, 0.3) is 0 Å². The molecule has 0 bridgehead atoms. The standard InChI is InChI=1S/C23H30N4O2/c1-16-6-5-7-20(15-16)27-12-10-26(11-13-27)19(4)22(28)25-23(29)24-21-9-8-17(2)14-18(21)3/h5-9,14-15,19H,10-13H2,1-4H3,(H2,24,25,28,29). The van der Waals surface area contributed by atoms with Gasteiger partial charge in [-0.15, -0.1) is 0 Å². The highest BCUT2D eigenvalue weighted by Gasteiger charge is 2.26. The molecule has 1 heterocycles. The molecule has 3 rings (SSSR count). The van der Waals surface area contributed by atoms with E-state index in [1.54, 1.807) is 0 Å². The van der Waals surface area contributed by atoms with Crippen LogP contribution in [0, 0.1) is 20.8 Å². The highest BCUT2D eigenvalue weighted by Crippen LogP contribution is 2.19. The van der Waals surface area contributed by atoms with Gasteiger partial charge in [0, 0.05) is 37.6 Å². The zero-order valence-corrected chi connectivity index (χ0v) is 17.7. The van der Waals surface area contributed by atoms with E-state index in [2.05, 4.69) is 51.6 Å². The Kier molecular flexibility index (Phi) is 6.54. The Balaban J connectivity index is 1.50. The number of nitrogens with zero attached hydrogens (tertiary/aromatic N) is 2. The molecule has 0 spiro atoms. The first-order valence-corrected chi connectivity index (χ1v) is 10.1. The average molecular weight is 395 g/mol. The Morgan fingerprint density at radius 2 is 1.62 bits per heavy atom.